The van der Waals surface area contributed by atoms with Gasteiger partial charge in [-0.1, -0.05) is 42.5 Å². The predicted octanol–water partition coefficient (Wildman–Crippen LogP) is 2.81. The van der Waals surface area contributed by atoms with Crippen molar-refractivity contribution in [1.29, 1.82) is 0 Å². The van der Waals surface area contributed by atoms with Crippen LogP contribution in [0.3, 0.4) is 0 Å². The van der Waals surface area contributed by atoms with Crippen LogP contribution in [0, 0.1) is 0 Å². The molecule has 0 aliphatic carbocycles. The van der Waals surface area contributed by atoms with E-state index in [4.69, 9.17) is 0 Å². The van der Waals surface area contributed by atoms with Gasteiger partial charge in [-0.3, -0.25) is 0 Å². The van der Waals surface area contributed by atoms with Gasteiger partial charge in [-0.15, -0.1) is 0 Å². The molecule has 16 heavy (non-hydrogen) atoms. The standard InChI is InChI=1S/C14H13NO/c16-9-14-12-7-2-1-5-10(12)11-6-3-4-8-13(11)15-14/h1-8,14-16H,9H2. The number of rotatable bonds is 1. The lowest BCUT2D eigenvalue weighted by molar-refractivity contribution is 0.276. The largest absolute Gasteiger partial charge is 0.394 e. The van der Waals surface area contributed by atoms with Gasteiger partial charge in [-0.25, -0.2) is 0 Å². The molecule has 2 nitrogen and oxygen atoms in total. The van der Waals surface area contributed by atoms with E-state index in [2.05, 4.69) is 23.5 Å². The first-order valence-electron chi connectivity index (χ1n) is 5.46. The van der Waals surface area contributed by atoms with E-state index < -0.39 is 0 Å². The van der Waals surface area contributed by atoms with Gasteiger partial charge >= 0.3 is 0 Å². The Morgan fingerprint density at radius 1 is 0.938 bits per heavy atom. The number of fused-ring (bicyclic) bond motifs is 3. The van der Waals surface area contributed by atoms with Gasteiger partial charge in [0.2, 0.25) is 0 Å². The summed E-state index contributed by atoms with van der Waals surface area (Å²) in [5, 5.41) is 12.8. The van der Waals surface area contributed by atoms with Gasteiger partial charge in [0.1, 0.15) is 0 Å². The van der Waals surface area contributed by atoms with E-state index in [1.54, 1.807) is 0 Å². The van der Waals surface area contributed by atoms with E-state index in [1.807, 2.05) is 30.3 Å². The Kier molecular flexibility index (Phi) is 2.15. The highest BCUT2D eigenvalue weighted by Crippen LogP contribution is 2.39. The molecule has 0 spiro atoms. The van der Waals surface area contributed by atoms with Crippen molar-refractivity contribution >= 4 is 5.69 Å². The second kappa shape index (κ2) is 3.65. The summed E-state index contributed by atoms with van der Waals surface area (Å²) in [5.41, 5.74) is 4.70. The predicted molar refractivity (Wildman–Crippen MR) is 65.3 cm³/mol. The Labute approximate surface area is 94.6 Å². The monoisotopic (exact) mass is 211 g/mol. The van der Waals surface area contributed by atoms with Crippen LogP contribution in [0.15, 0.2) is 48.5 Å². The summed E-state index contributed by atoms with van der Waals surface area (Å²) >= 11 is 0. The Morgan fingerprint density at radius 2 is 1.62 bits per heavy atom. The van der Waals surface area contributed by atoms with Gasteiger partial charge in [0, 0.05) is 11.3 Å². The summed E-state index contributed by atoms with van der Waals surface area (Å²) in [7, 11) is 0. The number of aliphatic hydroxyl groups is 1. The number of nitrogens with one attached hydrogen (secondary N) is 1. The van der Waals surface area contributed by atoms with Crippen LogP contribution in [0.4, 0.5) is 5.69 Å². The smallest absolute Gasteiger partial charge is 0.0751 e. The Morgan fingerprint density at radius 3 is 2.44 bits per heavy atom. The molecule has 0 amide bonds. The van der Waals surface area contributed by atoms with E-state index >= 15 is 0 Å². The van der Waals surface area contributed by atoms with Crippen LogP contribution in [0.25, 0.3) is 11.1 Å². The number of anilines is 1. The van der Waals surface area contributed by atoms with Crippen LogP contribution < -0.4 is 5.32 Å². The van der Waals surface area contributed by atoms with Gasteiger partial charge < -0.3 is 10.4 Å². The van der Waals surface area contributed by atoms with Crippen molar-refractivity contribution in [2.45, 2.75) is 6.04 Å². The minimum Gasteiger partial charge on any atom is -0.394 e. The van der Waals surface area contributed by atoms with E-state index in [9.17, 15) is 5.11 Å². The van der Waals surface area contributed by atoms with Gasteiger partial charge in [0.05, 0.1) is 12.6 Å². The maximum Gasteiger partial charge on any atom is 0.0751 e. The zero-order valence-electron chi connectivity index (χ0n) is 8.85. The first-order chi connectivity index (χ1) is 7.90. The fourth-order valence-corrected chi connectivity index (χ4v) is 2.30. The number of benzene rings is 2. The van der Waals surface area contributed by atoms with E-state index in [1.165, 1.54) is 16.7 Å². The fraction of sp³-hybridized carbons (Fsp3) is 0.143. The summed E-state index contributed by atoms with van der Waals surface area (Å²) in [6, 6.07) is 16.4. The quantitative estimate of drug-likeness (QED) is 0.760. The van der Waals surface area contributed by atoms with Crippen LogP contribution in [0.5, 0.6) is 0 Å². The normalized spacial score (nSPS) is 17.2. The van der Waals surface area contributed by atoms with Crippen molar-refractivity contribution in [3.63, 3.8) is 0 Å². The van der Waals surface area contributed by atoms with E-state index in [-0.39, 0.29) is 12.6 Å². The van der Waals surface area contributed by atoms with Crippen LogP contribution in [0.2, 0.25) is 0 Å². The number of para-hydroxylation sites is 1. The average molecular weight is 211 g/mol. The molecule has 0 saturated carbocycles. The Bertz CT molecular complexity index is 522. The van der Waals surface area contributed by atoms with Crippen LogP contribution in [-0.4, -0.2) is 11.7 Å². The van der Waals surface area contributed by atoms with Crippen LogP contribution in [0.1, 0.15) is 11.6 Å². The van der Waals surface area contributed by atoms with Gasteiger partial charge in [-0.05, 0) is 17.2 Å². The molecule has 1 aliphatic heterocycles. The molecule has 0 radical (unpaired) electrons. The molecule has 1 unspecified atom stereocenters. The minimum absolute atomic E-state index is 0.00565. The van der Waals surface area contributed by atoms with E-state index in [0.717, 1.165) is 5.69 Å². The van der Waals surface area contributed by atoms with Crippen molar-refractivity contribution in [1.82, 2.24) is 0 Å². The minimum atomic E-state index is 0.00565. The van der Waals surface area contributed by atoms with Crippen molar-refractivity contribution in [3.05, 3.63) is 54.1 Å². The fourth-order valence-electron chi connectivity index (χ4n) is 2.30. The Hall–Kier alpha value is -1.80. The summed E-state index contributed by atoms with van der Waals surface area (Å²) in [6.07, 6.45) is 0. The van der Waals surface area contributed by atoms with Gasteiger partial charge in [0.15, 0.2) is 0 Å². The van der Waals surface area contributed by atoms with Crippen molar-refractivity contribution in [3.8, 4) is 11.1 Å². The zero-order chi connectivity index (χ0) is 11.0. The third-order valence-electron chi connectivity index (χ3n) is 3.07. The van der Waals surface area contributed by atoms with Gasteiger partial charge in [-0.2, -0.15) is 0 Å². The van der Waals surface area contributed by atoms with Crippen LogP contribution in [-0.2, 0) is 0 Å². The van der Waals surface area contributed by atoms with E-state index in [0.29, 0.717) is 0 Å². The third-order valence-corrected chi connectivity index (χ3v) is 3.07. The molecule has 1 atom stereocenters. The molecule has 80 valence electrons. The highest BCUT2D eigenvalue weighted by atomic mass is 16.3. The lowest BCUT2D eigenvalue weighted by Gasteiger charge is -2.28. The van der Waals surface area contributed by atoms with Crippen LogP contribution >= 0.6 is 0 Å². The average Bonchev–Trinajstić information content (AvgIpc) is 2.38. The lowest BCUT2D eigenvalue weighted by Crippen LogP contribution is -2.19. The van der Waals surface area contributed by atoms with Gasteiger partial charge in [0.25, 0.3) is 0 Å². The first kappa shape index (κ1) is 9.43. The summed E-state index contributed by atoms with van der Waals surface area (Å²) in [4.78, 5) is 0. The maximum absolute atomic E-state index is 9.40. The molecule has 3 rings (SSSR count). The topological polar surface area (TPSA) is 32.3 Å². The van der Waals surface area contributed by atoms with Crippen molar-refractivity contribution < 1.29 is 5.11 Å². The Balaban J connectivity index is 2.24. The molecule has 0 aromatic heterocycles. The lowest BCUT2D eigenvalue weighted by atomic mass is 9.90. The highest BCUT2D eigenvalue weighted by Gasteiger charge is 2.22. The molecule has 1 aliphatic rings. The number of hydrogen-bond donors (Lipinski definition) is 2. The maximum atomic E-state index is 9.40. The highest BCUT2D eigenvalue weighted by molar-refractivity contribution is 5.83. The number of aliphatic hydroxyl groups excluding tert-OH is 1. The molecule has 2 aromatic carbocycles. The molecule has 2 N–H and O–H groups in total. The summed E-state index contributed by atoms with van der Waals surface area (Å²) < 4.78 is 0. The summed E-state index contributed by atoms with van der Waals surface area (Å²) in [5.74, 6) is 0. The third kappa shape index (κ3) is 1.31. The molecule has 0 bridgehead atoms. The first-order valence-corrected chi connectivity index (χ1v) is 5.46. The molecule has 2 heteroatoms. The molecule has 0 fully saturated rings. The SMILES string of the molecule is OCC1Nc2ccccc2-c2ccccc21. The second-order valence-corrected chi connectivity index (χ2v) is 4.01. The zero-order valence-corrected chi connectivity index (χ0v) is 8.85. The second-order valence-electron chi connectivity index (χ2n) is 4.01. The molecule has 1 heterocycles. The molecule has 2 aromatic rings. The van der Waals surface area contributed by atoms with Crippen molar-refractivity contribution in [2.75, 3.05) is 11.9 Å². The summed E-state index contributed by atoms with van der Waals surface area (Å²) in [6.45, 7) is 0.116. The molecular weight excluding hydrogens is 198 g/mol. The molecule has 0 saturated heterocycles. The van der Waals surface area contributed by atoms with Crippen molar-refractivity contribution in [2.24, 2.45) is 0 Å². The number of hydrogen-bond acceptors (Lipinski definition) is 2. The molecular formula is C14H13NO.